The van der Waals surface area contributed by atoms with E-state index >= 15 is 0 Å². The van der Waals surface area contributed by atoms with Crippen molar-refractivity contribution >= 4 is 27.5 Å². The summed E-state index contributed by atoms with van der Waals surface area (Å²) in [5.74, 6) is 0.206. The highest BCUT2D eigenvalue weighted by molar-refractivity contribution is 7.89. The molecule has 1 N–H and O–H groups in total. The van der Waals surface area contributed by atoms with Gasteiger partial charge in [0, 0.05) is 19.1 Å². The van der Waals surface area contributed by atoms with Gasteiger partial charge in [-0.1, -0.05) is 54.8 Å². The minimum atomic E-state index is -3.76. The van der Waals surface area contributed by atoms with E-state index in [-0.39, 0.29) is 28.2 Å². The molecule has 30 heavy (non-hydrogen) atoms. The molecule has 0 aliphatic carbocycles. The summed E-state index contributed by atoms with van der Waals surface area (Å²) in [5, 5.41) is 0.147. The molecule has 1 saturated heterocycles. The summed E-state index contributed by atoms with van der Waals surface area (Å²) in [7, 11) is -3.76. The van der Waals surface area contributed by atoms with E-state index in [0.717, 1.165) is 44.3 Å². The second kappa shape index (κ2) is 10.3. The molecule has 1 amide bonds. The van der Waals surface area contributed by atoms with E-state index in [1.165, 1.54) is 18.2 Å². The molecule has 0 saturated carbocycles. The molecule has 0 radical (unpaired) electrons. The van der Waals surface area contributed by atoms with E-state index in [1.807, 2.05) is 35.2 Å². The van der Waals surface area contributed by atoms with Gasteiger partial charge in [0.25, 0.3) is 5.91 Å². The van der Waals surface area contributed by atoms with Crippen molar-refractivity contribution in [3.05, 3.63) is 59.1 Å². The normalized spacial score (nSPS) is 16.0. The number of nitrogens with zero attached hydrogens (tertiary/aromatic N) is 1. The maximum absolute atomic E-state index is 12.7. The number of amides is 1. The first-order valence-corrected chi connectivity index (χ1v) is 12.0. The predicted octanol–water partition coefficient (Wildman–Crippen LogP) is 4.16. The third kappa shape index (κ3) is 5.97. The number of sulfonamides is 1. The van der Waals surface area contributed by atoms with Crippen LogP contribution in [0.2, 0.25) is 5.02 Å². The van der Waals surface area contributed by atoms with Crippen LogP contribution in [0.15, 0.2) is 53.4 Å². The van der Waals surface area contributed by atoms with Crippen LogP contribution in [0.3, 0.4) is 0 Å². The minimum absolute atomic E-state index is 0.0430. The van der Waals surface area contributed by atoms with Crippen LogP contribution in [-0.2, 0) is 14.8 Å². The number of carbonyl (C=O) groups excluding carboxylic acids is 1. The van der Waals surface area contributed by atoms with Crippen molar-refractivity contribution in [2.75, 3.05) is 19.7 Å². The summed E-state index contributed by atoms with van der Waals surface area (Å²) in [6.45, 7) is 3.16. The minimum Gasteiger partial charge on any atom is -0.482 e. The zero-order valence-electron chi connectivity index (χ0n) is 17.0. The van der Waals surface area contributed by atoms with Crippen molar-refractivity contribution < 1.29 is 17.9 Å². The SMILES string of the molecule is C[C@H](NS(=O)(=O)c1ccc(OCC(=O)N2CCCCCC2)c(Cl)c1)c1ccccc1. The van der Waals surface area contributed by atoms with Crippen LogP contribution in [0.4, 0.5) is 0 Å². The summed E-state index contributed by atoms with van der Waals surface area (Å²) in [5.41, 5.74) is 0.860. The van der Waals surface area contributed by atoms with Gasteiger partial charge in [0.2, 0.25) is 10.0 Å². The fourth-order valence-corrected chi connectivity index (χ4v) is 4.98. The zero-order valence-corrected chi connectivity index (χ0v) is 18.6. The predicted molar refractivity (Wildman–Crippen MR) is 117 cm³/mol. The molecule has 1 atom stereocenters. The summed E-state index contributed by atoms with van der Waals surface area (Å²) in [4.78, 5) is 14.2. The van der Waals surface area contributed by atoms with Gasteiger partial charge in [-0.3, -0.25) is 4.79 Å². The molecule has 162 valence electrons. The van der Waals surface area contributed by atoms with Crippen LogP contribution >= 0.6 is 11.6 Å². The van der Waals surface area contributed by atoms with Crippen molar-refractivity contribution in [1.29, 1.82) is 0 Å². The molecule has 1 aliphatic heterocycles. The molecule has 1 fully saturated rings. The van der Waals surface area contributed by atoms with Crippen molar-refractivity contribution in [1.82, 2.24) is 9.62 Å². The molecule has 8 heteroatoms. The Hall–Kier alpha value is -2.09. The number of likely N-dealkylation sites (tertiary alicyclic amines) is 1. The van der Waals surface area contributed by atoms with Crippen molar-refractivity contribution in [2.45, 2.75) is 43.5 Å². The van der Waals surface area contributed by atoms with Gasteiger partial charge in [-0.05, 0) is 43.5 Å². The summed E-state index contributed by atoms with van der Waals surface area (Å²) >= 11 is 6.24. The van der Waals surface area contributed by atoms with Crippen LogP contribution in [0.5, 0.6) is 5.75 Å². The molecular formula is C22H27ClN2O4S. The van der Waals surface area contributed by atoms with Gasteiger partial charge in [-0.25, -0.2) is 13.1 Å². The number of rotatable bonds is 7. The van der Waals surface area contributed by atoms with Gasteiger partial charge < -0.3 is 9.64 Å². The zero-order chi connectivity index (χ0) is 21.6. The van der Waals surface area contributed by atoms with Gasteiger partial charge in [0.1, 0.15) is 5.75 Å². The van der Waals surface area contributed by atoms with Crippen molar-refractivity contribution in [2.24, 2.45) is 0 Å². The summed E-state index contributed by atoms with van der Waals surface area (Å²) in [6.07, 6.45) is 4.30. The number of carbonyl (C=O) groups is 1. The van der Waals surface area contributed by atoms with Crippen LogP contribution in [0.1, 0.15) is 44.2 Å². The van der Waals surface area contributed by atoms with E-state index in [1.54, 1.807) is 6.92 Å². The first-order valence-electron chi connectivity index (χ1n) is 10.1. The van der Waals surface area contributed by atoms with E-state index < -0.39 is 16.1 Å². The topological polar surface area (TPSA) is 75.7 Å². The lowest BCUT2D eigenvalue weighted by molar-refractivity contribution is -0.133. The molecule has 1 heterocycles. The highest BCUT2D eigenvalue weighted by atomic mass is 35.5. The Labute approximate surface area is 183 Å². The average Bonchev–Trinajstić information content (AvgIpc) is 3.02. The third-order valence-corrected chi connectivity index (χ3v) is 6.99. The molecule has 0 aromatic heterocycles. The van der Waals surface area contributed by atoms with Crippen LogP contribution < -0.4 is 9.46 Å². The number of nitrogens with one attached hydrogen (secondary N) is 1. The molecule has 2 aromatic carbocycles. The van der Waals surface area contributed by atoms with Crippen LogP contribution in [-0.4, -0.2) is 38.9 Å². The maximum atomic E-state index is 12.7. The number of benzene rings is 2. The standard InChI is InChI=1S/C22H27ClN2O4S/c1-17(18-9-5-4-6-10-18)24-30(27,28)19-11-12-21(20(23)15-19)29-16-22(26)25-13-7-2-3-8-14-25/h4-6,9-12,15,17,24H,2-3,7-8,13-14,16H2,1H3/t17-/m0/s1. The lowest BCUT2D eigenvalue weighted by Crippen LogP contribution is -2.35. The highest BCUT2D eigenvalue weighted by Gasteiger charge is 2.21. The number of ether oxygens (including phenoxy) is 1. The monoisotopic (exact) mass is 450 g/mol. The van der Waals surface area contributed by atoms with Crippen LogP contribution in [0, 0.1) is 0 Å². The molecule has 0 unspecified atom stereocenters. The average molecular weight is 451 g/mol. The molecule has 0 spiro atoms. The Bertz CT molecular complexity index is 958. The van der Waals surface area contributed by atoms with E-state index in [2.05, 4.69) is 4.72 Å². The van der Waals surface area contributed by atoms with Crippen molar-refractivity contribution in [3.8, 4) is 5.75 Å². The fourth-order valence-electron chi connectivity index (χ4n) is 3.43. The number of hydrogen-bond donors (Lipinski definition) is 1. The van der Waals surface area contributed by atoms with Gasteiger partial charge in [-0.15, -0.1) is 0 Å². The van der Waals surface area contributed by atoms with Crippen LogP contribution in [0.25, 0.3) is 0 Å². The summed E-state index contributed by atoms with van der Waals surface area (Å²) < 4.78 is 33.6. The molecule has 2 aromatic rings. The molecule has 3 rings (SSSR count). The first kappa shape index (κ1) is 22.6. The van der Waals surface area contributed by atoms with Gasteiger partial charge in [0.15, 0.2) is 6.61 Å². The van der Waals surface area contributed by atoms with E-state index in [4.69, 9.17) is 16.3 Å². The van der Waals surface area contributed by atoms with E-state index in [0.29, 0.717) is 0 Å². The third-order valence-electron chi connectivity index (χ3n) is 5.16. The summed E-state index contributed by atoms with van der Waals surface area (Å²) in [6, 6.07) is 13.2. The Balaban J connectivity index is 1.63. The van der Waals surface area contributed by atoms with Crippen molar-refractivity contribution in [3.63, 3.8) is 0 Å². The Morgan fingerprint density at radius 1 is 1.10 bits per heavy atom. The molecule has 6 nitrogen and oxygen atoms in total. The lowest BCUT2D eigenvalue weighted by atomic mass is 10.1. The first-order chi connectivity index (χ1) is 14.4. The van der Waals surface area contributed by atoms with Gasteiger partial charge in [-0.2, -0.15) is 0 Å². The second-order valence-electron chi connectivity index (χ2n) is 7.43. The lowest BCUT2D eigenvalue weighted by Gasteiger charge is -2.20. The second-order valence-corrected chi connectivity index (χ2v) is 9.55. The largest absolute Gasteiger partial charge is 0.482 e. The highest BCUT2D eigenvalue weighted by Crippen LogP contribution is 2.28. The Morgan fingerprint density at radius 3 is 2.40 bits per heavy atom. The number of hydrogen-bond acceptors (Lipinski definition) is 4. The quantitative estimate of drug-likeness (QED) is 0.687. The number of halogens is 1. The van der Waals surface area contributed by atoms with Gasteiger partial charge >= 0.3 is 0 Å². The van der Waals surface area contributed by atoms with Gasteiger partial charge in [0.05, 0.1) is 9.92 Å². The maximum Gasteiger partial charge on any atom is 0.260 e. The molecule has 1 aliphatic rings. The fraction of sp³-hybridized carbons (Fsp3) is 0.409. The smallest absolute Gasteiger partial charge is 0.260 e. The Kier molecular flexibility index (Phi) is 7.75. The molecular weight excluding hydrogens is 424 g/mol. The van der Waals surface area contributed by atoms with E-state index in [9.17, 15) is 13.2 Å². The Morgan fingerprint density at radius 2 is 1.77 bits per heavy atom. The molecule has 0 bridgehead atoms.